The predicted molar refractivity (Wildman–Crippen MR) is 186 cm³/mol. The third-order valence-corrected chi connectivity index (χ3v) is 14.5. The highest BCUT2D eigenvalue weighted by Crippen LogP contribution is 2.47. The van der Waals surface area contributed by atoms with Crippen molar-refractivity contribution >= 4 is 33.2 Å². The number of nitrogens with one attached hydrogen (secondary N) is 1. The second-order valence-electron chi connectivity index (χ2n) is 15.2. The van der Waals surface area contributed by atoms with Crippen LogP contribution in [0.2, 0.25) is 5.02 Å². The molecule has 5 aliphatic rings. The number of fused-ring (bicyclic) bond motifs is 4. The molecule has 3 aliphatic heterocycles. The summed E-state index contributed by atoms with van der Waals surface area (Å²) in [4.78, 5) is 18.5. The maximum atomic E-state index is 13.6. The number of ether oxygens (including phenoxy) is 1. The fourth-order valence-corrected chi connectivity index (χ4v) is 10.7. The summed E-state index contributed by atoms with van der Waals surface area (Å²) in [5, 5.41) is 11.8. The largest absolute Gasteiger partial charge is 0.490 e. The number of nitrogens with zero attached hydrogens (tertiary/aromatic N) is 2. The van der Waals surface area contributed by atoms with Gasteiger partial charge in [-0.2, -0.15) is 0 Å². The van der Waals surface area contributed by atoms with Gasteiger partial charge in [0.05, 0.1) is 23.6 Å². The third-order valence-electron chi connectivity index (χ3n) is 12.3. The minimum atomic E-state index is -3.95. The minimum absolute atomic E-state index is 0.0996. The number of sulfonamides is 1. The van der Waals surface area contributed by atoms with Gasteiger partial charge in [0.1, 0.15) is 5.75 Å². The average molecular weight is 684 g/mol. The molecule has 47 heavy (non-hydrogen) atoms. The summed E-state index contributed by atoms with van der Waals surface area (Å²) in [6.07, 6.45) is 9.36. The van der Waals surface area contributed by atoms with Gasteiger partial charge in [-0.15, -0.1) is 0 Å². The van der Waals surface area contributed by atoms with Gasteiger partial charge in [-0.1, -0.05) is 31.0 Å². The number of anilines is 1. The first-order chi connectivity index (χ1) is 22.5. The van der Waals surface area contributed by atoms with Crippen molar-refractivity contribution in [2.45, 2.75) is 101 Å². The van der Waals surface area contributed by atoms with Crippen molar-refractivity contribution in [1.29, 1.82) is 0 Å². The molecule has 2 aliphatic carbocycles. The van der Waals surface area contributed by atoms with E-state index in [-0.39, 0.29) is 23.3 Å². The number of aryl methyl sites for hydroxylation is 1. The zero-order valence-corrected chi connectivity index (χ0v) is 29.4. The van der Waals surface area contributed by atoms with Crippen molar-refractivity contribution in [2.24, 2.45) is 17.8 Å². The van der Waals surface area contributed by atoms with Gasteiger partial charge < -0.3 is 19.6 Å². The molecule has 10 heteroatoms. The molecule has 7 atom stereocenters. The minimum Gasteiger partial charge on any atom is -0.490 e. The lowest BCUT2D eigenvalue weighted by Gasteiger charge is -2.47. The Hall–Kier alpha value is -2.33. The molecule has 1 spiro atoms. The number of rotatable bonds is 1. The van der Waals surface area contributed by atoms with Gasteiger partial charge in [0.25, 0.3) is 5.91 Å². The highest BCUT2D eigenvalue weighted by molar-refractivity contribution is 7.90. The third kappa shape index (κ3) is 6.54. The van der Waals surface area contributed by atoms with Gasteiger partial charge in [0, 0.05) is 35.1 Å². The number of carbonyl (C=O) groups is 1. The van der Waals surface area contributed by atoms with Crippen molar-refractivity contribution < 1.29 is 23.1 Å². The maximum absolute atomic E-state index is 13.6. The molecule has 1 amide bonds. The number of aliphatic hydroxyl groups excluding tert-OH is 1. The highest BCUT2D eigenvalue weighted by Gasteiger charge is 2.45. The van der Waals surface area contributed by atoms with Crippen LogP contribution in [0.15, 0.2) is 36.4 Å². The number of halogens is 1. The Morgan fingerprint density at radius 1 is 1.02 bits per heavy atom. The first-order valence-corrected chi connectivity index (χ1v) is 19.7. The van der Waals surface area contributed by atoms with Gasteiger partial charge >= 0.3 is 0 Å². The molecule has 0 radical (unpaired) electrons. The monoisotopic (exact) mass is 683 g/mol. The normalized spacial score (nSPS) is 34.6. The van der Waals surface area contributed by atoms with Crippen LogP contribution < -0.4 is 14.4 Å². The molecule has 1 saturated heterocycles. The van der Waals surface area contributed by atoms with Crippen LogP contribution in [-0.4, -0.2) is 74.5 Å². The van der Waals surface area contributed by atoms with Gasteiger partial charge in [0.15, 0.2) is 0 Å². The molecule has 2 aromatic rings. The van der Waals surface area contributed by atoms with Crippen molar-refractivity contribution in [3.8, 4) is 5.75 Å². The standard InChI is InChI=1S/C37H50ClN3O5S/c1-24-17-30(40-15-4-3-5-16-40)20-34(42)31-11-8-28(31)21-41-22-37(14-6-7-26-18-29(38)10-12-32(26)37)23-46-35-13-9-27(19-33(35)41)36(43)39-47(44,45)25(24)2/h9-10,12-13,18-19,24-25,28,30-31,34,42H,3-8,11,14-17,20-23H2,1-2H3,(H,39,43)/t24-,25+,28-,30-,31+,34-,37-/m0/s1. The van der Waals surface area contributed by atoms with Crippen molar-refractivity contribution in [3.05, 3.63) is 58.1 Å². The average Bonchev–Trinajstić information content (AvgIpc) is 3.18. The number of aliphatic hydroxyl groups is 1. The van der Waals surface area contributed by atoms with Crippen molar-refractivity contribution in [1.82, 2.24) is 9.62 Å². The molecular formula is C37H50ClN3O5S. The molecule has 7 rings (SSSR count). The van der Waals surface area contributed by atoms with Crippen LogP contribution in [0, 0.1) is 17.8 Å². The number of hydrogen-bond acceptors (Lipinski definition) is 7. The molecule has 3 heterocycles. The molecule has 8 nitrogen and oxygen atoms in total. The summed E-state index contributed by atoms with van der Waals surface area (Å²) in [5.41, 5.74) is 3.40. The summed E-state index contributed by atoms with van der Waals surface area (Å²) in [6.45, 7) is 7.60. The Morgan fingerprint density at radius 3 is 2.60 bits per heavy atom. The summed E-state index contributed by atoms with van der Waals surface area (Å²) < 4.78 is 36.3. The number of amides is 1. The molecule has 0 aromatic heterocycles. The Bertz CT molecular complexity index is 1600. The van der Waals surface area contributed by atoms with Crippen molar-refractivity contribution in [2.75, 3.05) is 37.7 Å². The Kier molecular flexibility index (Phi) is 9.30. The summed E-state index contributed by atoms with van der Waals surface area (Å²) >= 11 is 6.44. The summed E-state index contributed by atoms with van der Waals surface area (Å²) in [7, 11) is -3.95. The quantitative estimate of drug-likeness (QED) is 0.384. The first-order valence-electron chi connectivity index (χ1n) is 17.8. The molecule has 1 saturated carbocycles. The first kappa shape index (κ1) is 33.2. The molecule has 0 unspecified atom stereocenters. The fourth-order valence-electron chi connectivity index (χ4n) is 9.21. The topological polar surface area (TPSA) is 99.2 Å². The summed E-state index contributed by atoms with van der Waals surface area (Å²) in [5.74, 6) is 0.390. The van der Waals surface area contributed by atoms with E-state index in [1.165, 1.54) is 17.5 Å². The molecular weight excluding hydrogens is 634 g/mol. The summed E-state index contributed by atoms with van der Waals surface area (Å²) in [6, 6.07) is 11.6. The lowest BCUT2D eigenvalue weighted by molar-refractivity contribution is -0.0128. The smallest absolute Gasteiger partial charge is 0.264 e. The van der Waals surface area contributed by atoms with E-state index in [1.807, 2.05) is 19.1 Å². The van der Waals surface area contributed by atoms with Crippen LogP contribution in [0.1, 0.15) is 93.1 Å². The van der Waals surface area contributed by atoms with E-state index in [2.05, 4.69) is 26.7 Å². The number of benzene rings is 2. The van der Waals surface area contributed by atoms with Crippen LogP contribution in [0.3, 0.4) is 0 Å². The Labute approximate surface area is 285 Å². The highest BCUT2D eigenvalue weighted by atomic mass is 35.5. The van der Waals surface area contributed by atoms with Crippen molar-refractivity contribution in [3.63, 3.8) is 0 Å². The van der Waals surface area contributed by atoms with E-state index < -0.39 is 27.3 Å². The van der Waals surface area contributed by atoms with E-state index >= 15 is 0 Å². The SMILES string of the molecule is C[C@@H]1[C@@H](C)C[C@H](N2CCCCC2)C[C@H](O)[C@@H]2CC[C@H]2CN2C[C@@]3(CCCc4cc(Cl)ccc43)COc3ccc(cc32)C(=O)NS1(=O)=O. The van der Waals surface area contributed by atoms with Crippen LogP contribution in [0.5, 0.6) is 5.75 Å². The molecule has 256 valence electrons. The lowest BCUT2D eigenvalue weighted by Crippen LogP contribution is -2.51. The van der Waals surface area contributed by atoms with Gasteiger partial charge in [-0.25, -0.2) is 13.1 Å². The second-order valence-corrected chi connectivity index (χ2v) is 17.7. The fraction of sp³-hybridized carbons (Fsp3) is 0.649. The van der Waals surface area contributed by atoms with E-state index in [9.17, 15) is 18.3 Å². The Balaban J connectivity index is 1.27. The molecule has 2 aromatic carbocycles. The predicted octanol–water partition coefficient (Wildman–Crippen LogP) is 5.93. The van der Waals surface area contributed by atoms with E-state index in [4.69, 9.17) is 16.3 Å². The molecule has 2 fully saturated rings. The number of likely N-dealkylation sites (tertiary alicyclic amines) is 1. The number of hydrogen-bond donors (Lipinski definition) is 2. The lowest BCUT2D eigenvalue weighted by atomic mass is 9.67. The van der Waals surface area contributed by atoms with Gasteiger partial charge in [-0.05, 0) is 137 Å². The van der Waals surface area contributed by atoms with Gasteiger partial charge in [0.2, 0.25) is 10.0 Å². The van der Waals surface area contributed by atoms with Crippen LogP contribution in [-0.2, 0) is 21.9 Å². The number of piperidine rings is 1. The van der Waals surface area contributed by atoms with Crippen LogP contribution >= 0.6 is 11.6 Å². The van der Waals surface area contributed by atoms with Crippen LogP contribution in [0.4, 0.5) is 5.69 Å². The zero-order chi connectivity index (χ0) is 32.9. The van der Waals surface area contributed by atoms with Gasteiger partial charge in [-0.3, -0.25) is 4.79 Å². The van der Waals surface area contributed by atoms with E-state index in [0.29, 0.717) is 43.2 Å². The van der Waals surface area contributed by atoms with E-state index in [0.717, 1.165) is 75.3 Å². The van der Waals surface area contributed by atoms with Crippen LogP contribution in [0.25, 0.3) is 0 Å². The number of carbonyl (C=O) groups excluding carboxylic acids is 1. The van der Waals surface area contributed by atoms with E-state index in [1.54, 1.807) is 19.1 Å². The zero-order valence-electron chi connectivity index (χ0n) is 27.8. The molecule has 2 N–H and O–H groups in total. The maximum Gasteiger partial charge on any atom is 0.264 e. The second kappa shape index (κ2) is 13.2. The molecule has 2 bridgehead atoms. The Morgan fingerprint density at radius 2 is 1.83 bits per heavy atom.